The second kappa shape index (κ2) is 6.52. The number of fused-ring (bicyclic) bond motifs is 1. The molecule has 0 spiro atoms. The Kier molecular flexibility index (Phi) is 4.41. The molecule has 0 fully saturated rings. The predicted molar refractivity (Wildman–Crippen MR) is 91.3 cm³/mol. The van der Waals surface area contributed by atoms with Crippen LogP contribution in [0.1, 0.15) is 21.7 Å². The topological polar surface area (TPSA) is 94.3 Å². The average molecular weight is 360 g/mol. The SMILES string of the molecule is COc1ccc2c(c1)c(C(=O)C(=O)O)c(C)n2Cc1cnc(Cl)cn1. The lowest BCUT2D eigenvalue weighted by atomic mass is 10.1. The summed E-state index contributed by atoms with van der Waals surface area (Å²) in [6.07, 6.45) is 2.97. The molecule has 128 valence electrons. The van der Waals surface area contributed by atoms with Crippen LogP contribution in [0.15, 0.2) is 30.6 Å². The normalized spacial score (nSPS) is 10.8. The van der Waals surface area contributed by atoms with Crippen molar-refractivity contribution in [1.82, 2.24) is 14.5 Å². The summed E-state index contributed by atoms with van der Waals surface area (Å²) < 4.78 is 7.02. The zero-order chi connectivity index (χ0) is 18.1. The molecule has 25 heavy (non-hydrogen) atoms. The molecule has 0 atom stereocenters. The van der Waals surface area contributed by atoms with Crippen LogP contribution in [0.2, 0.25) is 5.15 Å². The summed E-state index contributed by atoms with van der Waals surface area (Å²) in [5, 5.41) is 9.95. The Morgan fingerprint density at radius 2 is 2.04 bits per heavy atom. The number of nitrogens with zero attached hydrogens (tertiary/aromatic N) is 3. The minimum absolute atomic E-state index is 0.142. The van der Waals surface area contributed by atoms with E-state index in [2.05, 4.69) is 9.97 Å². The number of rotatable bonds is 5. The monoisotopic (exact) mass is 359 g/mol. The van der Waals surface area contributed by atoms with Crippen LogP contribution in [0.3, 0.4) is 0 Å². The molecule has 2 aromatic heterocycles. The highest BCUT2D eigenvalue weighted by atomic mass is 35.5. The van der Waals surface area contributed by atoms with E-state index in [9.17, 15) is 9.59 Å². The van der Waals surface area contributed by atoms with E-state index < -0.39 is 11.8 Å². The van der Waals surface area contributed by atoms with Crippen molar-refractivity contribution in [2.24, 2.45) is 0 Å². The summed E-state index contributed by atoms with van der Waals surface area (Å²) >= 11 is 5.75. The summed E-state index contributed by atoms with van der Waals surface area (Å²) in [6.45, 7) is 2.03. The second-order valence-corrected chi connectivity index (χ2v) is 5.78. The molecule has 0 saturated carbocycles. The largest absolute Gasteiger partial charge is 0.497 e. The molecule has 0 bridgehead atoms. The molecule has 0 radical (unpaired) electrons. The summed E-state index contributed by atoms with van der Waals surface area (Å²) in [6, 6.07) is 5.19. The standard InChI is InChI=1S/C17H14ClN3O4/c1-9-15(16(22)17(23)24)12-5-11(25-2)3-4-13(12)21(9)8-10-6-20-14(18)7-19-10/h3-7H,8H2,1-2H3,(H,23,24). The first-order valence-electron chi connectivity index (χ1n) is 7.33. The highest BCUT2D eigenvalue weighted by molar-refractivity contribution is 6.42. The van der Waals surface area contributed by atoms with Gasteiger partial charge >= 0.3 is 5.97 Å². The van der Waals surface area contributed by atoms with Crippen LogP contribution >= 0.6 is 11.6 Å². The third-order valence-corrected chi connectivity index (χ3v) is 4.14. The van der Waals surface area contributed by atoms with Crippen molar-refractivity contribution in [2.75, 3.05) is 7.11 Å². The Labute approximate surface area is 147 Å². The zero-order valence-electron chi connectivity index (χ0n) is 13.5. The third kappa shape index (κ3) is 3.06. The van der Waals surface area contributed by atoms with E-state index in [1.165, 1.54) is 19.5 Å². The lowest BCUT2D eigenvalue weighted by Crippen LogP contribution is -2.14. The molecule has 0 amide bonds. The summed E-state index contributed by atoms with van der Waals surface area (Å²) in [7, 11) is 1.51. The minimum atomic E-state index is -1.50. The number of carboxylic acid groups (broad SMARTS) is 1. The Hall–Kier alpha value is -2.93. The van der Waals surface area contributed by atoms with E-state index in [4.69, 9.17) is 21.4 Å². The molecule has 8 heteroatoms. The number of carboxylic acids is 1. The highest BCUT2D eigenvalue weighted by Crippen LogP contribution is 2.30. The number of carbonyl (C=O) groups is 2. The van der Waals surface area contributed by atoms with Gasteiger partial charge in [-0.15, -0.1) is 0 Å². The molecule has 0 aliphatic heterocycles. The van der Waals surface area contributed by atoms with Gasteiger partial charge in [-0.25, -0.2) is 9.78 Å². The van der Waals surface area contributed by atoms with Gasteiger partial charge in [0.1, 0.15) is 10.9 Å². The Morgan fingerprint density at radius 3 is 2.64 bits per heavy atom. The molecule has 0 aliphatic carbocycles. The van der Waals surface area contributed by atoms with Gasteiger partial charge in [0.15, 0.2) is 0 Å². The number of benzene rings is 1. The fourth-order valence-corrected chi connectivity index (χ4v) is 2.87. The molecular formula is C17H14ClN3O4. The van der Waals surface area contributed by atoms with Crippen LogP contribution in [0.25, 0.3) is 10.9 Å². The Bertz CT molecular complexity index is 980. The van der Waals surface area contributed by atoms with Gasteiger partial charge in [-0.3, -0.25) is 9.78 Å². The molecule has 2 heterocycles. The number of Topliss-reactive ketones (excluding diaryl/α,β-unsaturated/α-hetero) is 1. The maximum atomic E-state index is 12.2. The van der Waals surface area contributed by atoms with Crippen molar-refractivity contribution in [3.63, 3.8) is 0 Å². The molecule has 1 N–H and O–H groups in total. The lowest BCUT2D eigenvalue weighted by Gasteiger charge is -2.08. The lowest BCUT2D eigenvalue weighted by molar-refractivity contribution is -0.131. The molecule has 3 aromatic rings. The number of aromatic nitrogens is 3. The molecule has 0 aliphatic rings. The van der Waals surface area contributed by atoms with E-state index in [1.807, 2.05) is 4.57 Å². The maximum Gasteiger partial charge on any atom is 0.377 e. The van der Waals surface area contributed by atoms with Gasteiger partial charge in [0.05, 0.1) is 37.3 Å². The predicted octanol–water partition coefficient (Wildman–Crippen LogP) is 2.72. The van der Waals surface area contributed by atoms with Gasteiger partial charge in [-0.1, -0.05) is 11.6 Å². The Balaban J connectivity index is 2.21. The van der Waals surface area contributed by atoms with E-state index >= 15 is 0 Å². The molecule has 7 nitrogen and oxygen atoms in total. The first kappa shape index (κ1) is 16.9. The molecule has 3 rings (SSSR count). The van der Waals surface area contributed by atoms with Gasteiger partial charge in [-0.2, -0.15) is 0 Å². The maximum absolute atomic E-state index is 12.2. The Morgan fingerprint density at radius 1 is 1.28 bits per heavy atom. The van der Waals surface area contributed by atoms with Crippen LogP contribution in [0, 0.1) is 6.92 Å². The number of ether oxygens (including phenoxy) is 1. The quantitative estimate of drug-likeness (QED) is 0.556. The number of ketones is 1. The van der Waals surface area contributed by atoms with Crippen molar-refractivity contribution < 1.29 is 19.4 Å². The summed E-state index contributed by atoms with van der Waals surface area (Å²) in [4.78, 5) is 31.6. The van der Waals surface area contributed by atoms with Crippen LogP contribution in [-0.4, -0.2) is 38.5 Å². The van der Waals surface area contributed by atoms with Crippen LogP contribution in [-0.2, 0) is 11.3 Å². The van der Waals surface area contributed by atoms with Crippen LogP contribution in [0.5, 0.6) is 5.75 Å². The van der Waals surface area contributed by atoms with Gasteiger partial charge in [0.2, 0.25) is 0 Å². The summed E-state index contributed by atoms with van der Waals surface area (Å²) in [5.74, 6) is -1.93. The third-order valence-electron chi connectivity index (χ3n) is 3.95. The fourth-order valence-electron chi connectivity index (χ4n) is 2.77. The van der Waals surface area contributed by atoms with E-state index in [0.717, 1.165) is 0 Å². The highest BCUT2D eigenvalue weighted by Gasteiger charge is 2.25. The van der Waals surface area contributed by atoms with E-state index in [-0.39, 0.29) is 10.7 Å². The van der Waals surface area contributed by atoms with Crippen molar-refractivity contribution in [3.8, 4) is 5.75 Å². The van der Waals surface area contributed by atoms with Crippen molar-refractivity contribution >= 4 is 34.3 Å². The first-order valence-corrected chi connectivity index (χ1v) is 7.71. The molecular weight excluding hydrogens is 346 g/mol. The fraction of sp³-hybridized carbons (Fsp3) is 0.176. The minimum Gasteiger partial charge on any atom is -0.497 e. The van der Waals surface area contributed by atoms with Gasteiger partial charge < -0.3 is 14.4 Å². The van der Waals surface area contributed by atoms with Crippen molar-refractivity contribution in [2.45, 2.75) is 13.5 Å². The van der Waals surface area contributed by atoms with Crippen molar-refractivity contribution in [3.05, 3.63) is 52.7 Å². The first-order chi connectivity index (χ1) is 11.9. The number of aliphatic carboxylic acids is 1. The average Bonchev–Trinajstić information content (AvgIpc) is 2.87. The van der Waals surface area contributed by atoms with Gasteiger partial charge in [-0.05, 0) is 25.1 Å². The number of hydrogen-bond donors (Lipinski definition) is 1. The smallest absolute Gasteiger partial charge is 0.377 e. The summed E-state index contributed by atoms with van der Waals surface area (Å²) in [5.41, 5.74) is 2.02. The van der Waals surface area contributed by atoms with Crippen LogP contribution in [0.4, 0.5) is 0 Å². The molecule has 1 aromatic carbocycles. The van der Waals surface area contributed by atoms with Gasteiger partial charge in [0.25, 0.3) is 5.78 Å². The van der Waals surface area contributed by atoms with Crippen LogP contribution < -0.4 is 4.74 Å². The van der Waals surface area contributed by atoms with E-state index in [1.54, 1.807) is 25.1 Å². The molecule has 0 saturated heterocycles. The van der Waals surface area contributed by atoms with Crippen molar-refractivity contribution in [1.29, 1.82) is 0 Å². The zero-order valence-corrected chi connectivity index (χ0v) is 14.2. The number of methoxy groups -OCH3 is 1. The second-order valence-electron chi connectivity index (χ2n) is 5.39. The number of halogens is 1. The molecule has 0 unspecified atom stereocenters. The number of carbonyl (C=O) groups excluding carboxylic acids is 1. The van der Waals surface area contributed by atoms with Gasteiger partial charge in [0, 0.05) is 16.6 Å². The van der Waals surface area contributed by atoms with E-state index in [0.29, 0.717) is 34.6 Å². The number of hydrogen-bond acceptors (Lipinski definition) is 5.